The molecule has 0 saturated carbocycles. The first kappa shape index (κ1) is 18.1. The Morgan fingerprint density at radius 2 is 1.92 bits per heavy atom. The highest BCUT2D eigenvalue weighted by Gasteiger charge is 2.37. The van der Waals surface area contributed by atoms with Crippen LogP contribution in [0.25, 0.3) is 0 Å². The minimum atomic E-state index is -0.720. The Morgan fingerprint density at radius 3 is 2.46 bits per heavy atom. The average Bonchev–Trinajstić information content (AvgIpc) is 2.57. The first-order chi connectivity index (χ1) is 11.3. The highest BCUT2D eigenvalue weighted by molar-refractivity contribution is 9.10. The van der Waals surface area contributed by atoms with E-state index in [1.165, 1.54) is 26.2 Å². The van der Waals surface area contributed by atoms with Crippen molar-refractivity contribution in [1.29, 1.82) is 0 Å². The Morgan fingerprint density at radius 1 is 1.25 bits per heavy atom. The van der Waals surface area contributed by atoms with E-state index in [0.717, 1.165) is 4.47 Å². The molecule has 7 nitrogen and oxygen atoms in total. The van der Waals surface area contributed by atoms with Crippen molar-refractivity contribution in [3.8, 4) is 11.5 Å². The number of hydrogen-bond donors (Lipinski definition) is 1. The van der Waals surface area contributed by atoms with Crippen molar-refractivity contribution >= 4 is 27.9 Å². The van der Waals surface area contributed by atoms with Crippen LogP contribution in [-0.2, 0) is 9.53 Å². The molecule has 0 bridgehead atoms. The normalized spacial score (nSPS) is 17.5. The van der Waals surface area contributed by atoms with Crippen molar-refractivity contribution in [3.05, 3.63) is 33.4 Å². The molecule has 2 rings (SSSR count). The summed E-state index contributed by atoms with van der Waals surface area (Å²) in [5.74, 6) is 0.395. The van der Waals surface area contributed by atoms with Crippen molar-refractivity contribution in [2.45, 2.75) is 13.0 Å². The van der Waals surface area contributed by atoms with E-state index in [1.807, 2.05) is 0 Å². The van der Waals surface area contributed by atoms with Gasteiger partial charge in [0.25, 0.3) is 0 Å². The van der Waals surface area contributed by atoms with Crippen LogP contribution in [0.2, 0.25) is 0 Å². The number of ether oxygens (including phenoxy) is 3. The predicted molar refractivity (Wildman–Crippen MR) is 91.0 cm³/mol. The molecule has 1 atom stereocenters. The standard InChI is InChI=1S/C16H19BrN2O5/c1-8-12(15(20)24-5)13(18-16(21)19(8)2)10-6-9(17)7-11(22-3)14(10)23-4/h6-7,13H,1-5H3,(H,18,21). The third-order valence-corrected chi connectivity index (χ3v) is 4.40. The fourth-order valence-electron chi connectivity index (χ4n) is 2.62. The summed E-state index contributed by atoms with van der Waals surface area (Å²) in [6.07, 6.45) is 0. The number of esters is 1. The van der Waals surface area contributed by atoms with Gasteiger partial charge in [0, 0.05) is 22.8 Å². The van der Waals surface area contributed by atoms with Crippen molar-refractivity contribution in [3.63, 3.8) is 0 Å². The van der Waals surface area contributed by atoms with Crippen molar-refractivity contribution in [2.24, 2.45) is 0 Å². The zero-order chi connectivity index (χ0) is 18.0. The second kappa shape index (κ2) is 7.12. The maximum Gasteiger partial charge on any atom is 0.337 e. The van der Waals surface area contributed by atoms with Crippen LogP contribution >= 0.6 is 15.9 Å². The van der Waals surface area contributed by atoms with E-state index in [9.17, 15) is 9.59 Å². The van der Waals surface area contributed by atoms with E-state index in [4.69, 9.17) is 14.2 Å². The third-order valence-electron chi connectivity index (χ3n) is 3.94. The molecule has 1 N–H and O–H groups in total. The first-order valence-electron chi connectivity index (χ1n) is 7.10. The fraction of sp³-hybridized carbons (Fsp3) is 0.375. The maximum atomic E-state index is 12.3. The number of allylic oxidation sites excluding steroid dienone is 1. The summed E-state index contributed by atoms with van der Waals surface area (Å²) in [5.41, 5.74) is 1.43. The van der Waals surface area contributed by atoms with Gasteiger partial charge in [0.2, 0.25) is 0 Å². The molecule has 0 aliphatic carbocycles. The summed E-state index contributed by atoms with van der Waals surface area (Å²) in [6.45, 7) is 1.69. The quantitative estimate of drug-likeness (QED) is 0.788. The van der Waals surface area contributed by atoms with Crippen LogP contribution in [0.15, 0.2) is 27.9 Å². The second-order valence-electron chi connectivity index (χ2n) is 5.16. The van der Waals surface area contributed by atoms with Crippen LogP contribution in [0.4, 0.5) is 4.79 Å². The van der Waals surface area contributed by atoms with Gasteiger partial charge < -0.3 is 24.4 Å². The summed E-state index contributed by atoms with van der Waals surface area (Å²) in [4.78, 5) is 25.9. The van der Waals surface area contributed by atoms with Crippen molar-refractivity contribution < 1.29 is 23.8 Å². The minimum absolute atomic E-state index is 0.328. The Balaban J connectivity index is 2.71. The number of halogens is 1. The van der Waals surface area contributed by atoms with E-state index in [2.05, 4.69) is 21.2 Å². The topological polar surface area (TPSA) is 77.1 Å². The number of hydrogen-bond acceptors (Lipinski definition) is 5. The summed E-state index contributed by atoms with van der Waals surface area (Å²) in [5, 5.41) is 2.80. The molecule has 0 spiro atoms. The Hall–Kier alpha value is -2.22. The SMILES string of the molecule is COC(=O)C1=C(C)N(C)C(=O)NC1c1cc(Br)cc(OC)c1OC. The molecule has 8 heteroatoms. The van der Waals surface area contributed by atoms with Crippen molar-refractivity contribution in [1.82, 2.24) is 10.2 Å². The summed E-state index contributed by atoms with van der Waals surface area (Å²) in [7, 11) is 5.90. The molecular formula is C16H19BrN2O5. The summed E-state index contributed by atoms with van der Waals surface area (Å²) in [6, 6.07) is 2.47. The summed E-state index contributed by atoms with van der Waals surface area (Å²) >= 11 is 3.41. The molecule has 1 heterocycles. The molecule has 1 aromatic rings. The highest BCUT2D eigenvalue weighted by Crippen LogP contribution is 2.42. The average molecular weight is 399 g/mol. The predicted octanol–water partition coefficient (Wildman–Crippen LogP) is 2.61. The minimum Gasteiger partial charge on any atom is -0.493 e. The van der Waals surface area contributed by atoms with Gasteiger partial charge in [-0.1, -0.05) is 15.9 Å². The second-order valence-corrected chi connectivity index (χ2v) is 6.08. The monoisotopic (exact) mass is 398 g/mol. The molecule has 0 radical (unpaired) electrons. The molecule has 2 amide bonds. The molecule has 0 saturated heterocycles. The lowest BCUT2D eigenvalue weighted by molar-refractivity contribution is -0.136. The number of rotatable bonds is 4. The van der Waals surface area contributed by atoms with Gasteiger partial charge in [0.05, 0.1) is 32.9 Å². The third kappa shape index (κ3) is 3.06. The molecule has 130 valence electrons. The Bertz CT molecular complexity index is 717. The van der Waals surface area contributed by atoms with Crippen LogP contribution in [-0.4, -0.2) is 45.3 Å². The van der Waals surface area contributed by atoms with Crippen LogP contribution in [0.5, 0.6) is 11.5 Å². The number of carbonyl (C=O) groups is 2. The van der Waals surface area contributed by atoms with Gasteiger partial charge in [-0.05, 0) is 19.1 Å². The van der Waals surface area contributed by atoms with Gasteiger partial charge in [0.1, 0.15) is 0 Å². The van der Waals surface area contributed by atoms with E-state index in [0.29, 0.717) is 28.3 Å². The molecule has 0 fully saturated rings. The molecule has 1 aromatic carbocycles. The van der Waals surface area contributed by atoms with E-state index in [1.54, 1.807) is 26.1 Å². The van der Waals surface area contributed by atoms with Gasteiger partial charge in [-0.25, -0.2) is 9.59 Å². The highest BCUT2D eigenvalue weighted by atomic mass is 79.9. The molecule has 24 heavy (non-hydrogen) atoms. The smallest absolute Gasteiger partial charge is 0.337 e. The first-order valence-corrected chi connectivity index (χ1v) is 7.89. The van der Waals surface area contributed by atoms with Crippen LogP contribution < -0.4 is 14.8 Å². The molecule has 1 aliphatic rings. The number of nitrogens with zero attached hydrogens (tertiary/aromatic N) is 1. The van der Waals surface area contributed by atoms with E-state index < -0.39 is 12.0 Å². The summed E-state index contributed by atoms with van der Waals surface area (Å²) < 4.78 is 16.4. The fourth-order valence-corrected chi connectivity index (χ4v) is 3.07. The van der Waals surface area contributed by atoms with Crippen LogP contribution in [0.3, 0.4) is 0 Å². The zero-order valence-corrected chi connectivity index (χ0v) is 15.7. The lowest BCUT2D eigenvalue weighted by Crippen LogP contribution is -2.46. The Labute approximate surface area is 148 Å². The van der Waals surface area contributed by atoms with Crippen LogP contribution in [0, 0.1) is 0 Å². The number of amides is 2. The van der Waals surface area contributed by atoms with Gasteiger partial charge in [-0.2, -0.15) is 0 Å². The zero-order valence-electron chi connectivity index (χ0n) is 14.1. The van der Waals surface area contributed by atoms with E-state index in [-0.39, 0.29) is 6.03 Å². The van der Waals surface area contributed by atoms with Crippen LogP contribution in [0.1, 0.15) is 18.5 Å². The molecule has 0 aromatic heterocycles. The number of nitrogens with one attached hydrogen (secondary N) is 1. The van der Waals surface area contributed by atoms with Gasteiger partial charge in [-0.15, -0.1) is 0 Å². The Kier molecular flexibility index (Phi) is 5.38. The van der Waals surface area contributed by atoms with Crippen molar-refractivity contribution in [2.75, 3.05) is 28.4 Å². The van der Waals surface area contributed by atoms with Gasteiger partial charge in [-0.3, -0.25) is 0 Å². The van der Waals surface area contributed by atoms with Gasteiger partial charge in [0.15, 0.2) is 11.5 Å². The largest absolute Gasteiger partial charge is 0.493 e. The van der Waals surface area contributed by atoms with E-state index >= 15 is 0 Å². The maximum absolute atomic E-state index is 12.3. The lowest BCUT2D eigenvalue weighted by Gasteiger charge is -2.33. The number of methoxy groups -OCH3 is 3. The number of benzene rings is 1. The molecule has 1 unspecified atom stereocenters. The molecule has 1 aliphatic heterocycles. The number of urea groups is 1. The van der Waals surface area contributed by atoms with Gasteiger partial charge >= 0.3 is 12.0 Å². The number of carbonyl (C=O) groups excluding carboxylic acids is 2. The lowest BCUT2D eigenvalue weighted by atomic mass is 9.94. The molecular weight excluding hydrogens is 380 g/mol.